The van der Waals surface area contributed by atoms with Crippen molar-refractivity contribution in [3.8, 4) is 11.1 Å². The lowest BCUT2D eigenvalue weighted by Gasteiger charge is -2.11. The van der Waals surface area contributed by atoms with Crippen molar-refractivity contribution in [2.75, 3.05) is 5.32 Å². The molecule has 1 aromatic heterocycles. The first-order valence-corrected chi connectivity index (χ1v) is 9.04. The van der Waals surface area contributed by atoms with E-state index in [0.717, 1.165) is 27.8 Å². The molecule has 1 heterocycles. The van der Waals surface area contributed by atoms with Crippen LogP contribution < -0.4 is 10.9 Å². The minimum Gasteiger partial charge on any atom is -0.422 e. The molecule has 4 rings (SSSR count). The van der Waals surface area contributed by atoms with Crippen molar-refractivity contribution in [2.45, 2.75) is 20.4 Å². The molecule has 0 aliphatic carbocycles. The highest BCUT2D eigenvalue weighted by Crippen LogP contribution is 2.25. The fourth-order valence-corrected chi connectivity index (χ4v) is 3.28. The van der Waals surface area contributed by atoms with E-state index in [2.05, 4.69) is 47.8 Å². The quantitative estimate of drug-likeness (QED) is 0.478. The number of benzene rings is 3. The highest BCUT2D eigenvalue weighted by atomic mass is 16.4. The smallest absolute Gasteiger partial charge is 0.336 e. The van der Waals surface area contributed by atoms with Gasteiger partial charge in [-0.15, -0.1) is 0 Å². The number of rotatable bonds is 4. The Morgan fingerprint density at radius 1 is 0.852 bits per heavy atom. The van der Waals surface area contributed by atoms with E-state index >= 15 is 0 Å². The molecule has 0 saturated carbocycles. The van der Waals surface area contributed by atoms with E-state index in [0.29, 0.717) is 12.1 Å². The minimum absolute atomic E-state index is 0.313. The van der Waals surface area contributed by atoms with Gasteiger partial charge in [0.15, 0.2) is 0 Å². The highest BCUT2D eigenvalue weighted by molar-refractivity contribution is 5.84. The SMILES string of the molecule is Cc1ccc2c(CNc3ccc(-c4ccccc4)cc3)cc(=O)oc2c1C. The molecule has 0 fully saturated rings. The summed E-state index contributed by atoms with van der Waals surface area (Å²) in [5.41, 5.74) is 6.83. The number of hydrogen-bond donors (Lipinski definition) is 1. The molecule has 4 aromatic rings. The molecule has 134 valence electrons. The second kappa shape index (κ2) is 7.12. The van der Waals surface area contributed by atoms with E-state index < -0.39 is 0 Å². The molecule has 3 heteroatoms. The van der Waals surface area contributed by atoms with Crippen LogP contribution in [0.3, 0.4) is 0 Å². The summed E-state index contributed by atoms with van der Waals surface area (Å²) in [5.74, 6) is 0. The molecule has 0 spiro atoms. The molecule has 0 amide bonds. The van der Waals surface area contributed by atoms with Gasteiger partial charge in [-0.25, -0.2) is 4.79 Å². The zero-order valence-corrected chi connectivity index (χ0v) is 15.5. The van der Waals surface area contributed by atoms with Gasteiger partial charge in [-0.05, 0) is 53.8 Å². The highest BCUT2D eigenvalue weighted by Gasteiger charge is 2.09. The molecular formula is C24H21NO2. The van der Waals surface area contributed by atoms with E-state index in [9.17, 15) is 4.79 Å². The van der Waals surface area contributed by atoms with Crippen molar-refractivity contribution >= 4 is 16.7 Å². The first-order valence-electron chi connectivity index (χ1n) is 9.04. The topological polar surface area (TPSA) is 42.2 Å². The predicted molar refractivity (Wildman–Crippen MR) is 111 cm³/mol. The van der Waals surface area contributed by atoms with E-state index in [4.69, 9.17) is 4.42 Å². The summed E-state index contributed by atoms with van der Waals surface area (Å²) in [6.45, 7) is 4.57. The molecule has 0 atom stereocenters. The first-order chi connectivity index (χ1) is 13.1. The second-order valence-electron chi connectivity index (χ2n) is 6.77. The molecule has 27 heavy (non-hydrogen) atoms. The molecule has 0 radical (unpaired) electrons. The minimum atomic E-state index is -0.313. The Labute approximate surface area is 158 Å². The molecule has 0 saturated heterocycles. The average Bonchev–Trinajstić information content (AvgIpc) is 2.70. The van der Waals surface area contributed by atoms with Crippen LogP contribution in [0.4, 0.5) is 5.69 Å². The summed E-state index contributed by atoms with van der Waals surface area (Å²) < 4.78 is 5.45. The van der Waals surface area contributed by atoms with Gasteiger partial charge in [-0.3, -0.25) is 0 Å². The molecule has 0 bridgehead atoms. The Morgan fingerprint density at radius 2 is 1.56 bits per heavy atom. The lowest BCUT2D eigenvalue weighted by molar-refractivity contribution is 0.556. The Balaban J connectivity index is 1.59. The number of fused-ring (bicyclic) bond motifs is 1. The Morgan fingerprint density at radius 3 is 2.30 bits per heavy atom. The summed E-state index contributed by atoms with van der Waals surface area (Å²) in [6.07, 6.45) is 0. The molecule has 0 unspecified atom stereocenters. The van der Waals surface area contributed by atoms with Crippen LogP contribution in [0.1, 0.15) is 16.7 Å². The van der Waals surface area contributed by atoms with Crippen LogP contribution in [0.2, 0.25) is 0 Å². The third kappa shape index (κ3) is 3.49. The maximum absolute atomic E-state index is 12.0. The number of anilines is 1. The van der Waals surface area contributed by atoms with E-state index in [-0.39, 0.29) is 5.63 Å². The van der Waals surface area contributed by atoms with Crippen molar-refractivity contribution in [3.63, 3.8) is 0 Å². The Hall–Kier alpha value is -3.33. The summed E-state index contributed by atoms with van der Waals surface area (Å²) in [4.78, 5) is 12.0. The number of hydrogen-bond acceptors (Lipinski definition) is 3. The third-order valence-corrected chi connectivity index (χ3v) is 4.99. The van der Waals surface area contributed by atoms with Crippen LogP contribution >= 0.6 is 0 Å². The largest absolute Gasteiger partial charge is 0.422 e. The van der Waals surface area contributed by atoms with Crippen LogP contribution in [0, 0.1) is 13.8 Å². The molecule has 0 aliphatic rings. The summed E-state index contributed by atoms with van der Waals surface area (Å²) in [5, 5.41) is 4.39. The van der Waals surface area contributed by atoms with Gasteiger partial charge in [0.2, 0.25) is 0 Å². The second-order valence-corrected chi connectivity index (χ2v) is 6.77. The van der Waals surface area contributed by atoms with Crippen LogP contribution in [-0.2, 0) is 6.54 Å². The normalized spacial score (nSPS) is 10.9. The average molecular weight is 355 g/mol. The van der Waals surface area contributed by atoms with E-state index in [1.165, 1.54) is 11.1 Å². The molecule has 1 N–H and O–H groups in total. The summed E-state index contributed by atoms with van der Waals surface area (Å²) >= 11 is 0. The zero-order chi connectivity index (χ0) is 18.8. The van der Waals surface area contributed by atoms with Crippen LogP contribution in [0.25, 0.3) is 22.1 Å². The van der Waals surface area contributed by atoms with Crippen molar-refractivity contribution in [1.82, 2.24) is 0 Å². The van der Waals surface area contributed by atoms with E-state index in [1.807, 2.05) is 38.1 Å². The molecule has 3 nitrogen and oxygen atoms in total. The Bertz CT molecular complexity index is 1140. The maximum Gasteiger partial charge on any atom is 0.336 e. The predicted octanol–water partition coefficient (Wildman–Crippen LogP) is 5.69. The van der Waals surface area contributed by atoms with E-state index in [1.54, 1.807) is 6.07 Å². The standard InChI is InChI=1S/C24H21NO2/c1-16-8-13-22-20(14-23(26)27-24(22)17(16)2)15-25-21-11-9-19(10-12-21)18-6-4-3-5-7-18/h3-14,25H,15H2,1-2H3. The number of nitrogens with one attached hydrogen (secondary N) is 1. The van der Waals surface area contributed by atoms with Gasteiger partial charge in [0.25, 0.3) is 0 Å². The van der Waals surface area contributed by atoms with Crippen LogP contribution in [0.5, 0.6) is 0 Å². The maximum atomic E-state index is 12.0. The molecular weight excluding hydrogens is 334 g/mol. The lowest BCUT2D eigenvalue weighted by Crippen LogP contribution is -2.06. The van der Waals surface area contributed by atoms with Crippen molar-refractivity contribution in [2.24, 2.45) is 0 Å². The molecule has 0 aliphatic heterocycles. The lowest BCUT2D eigenvalue weighted by atomic mass is 10.0. The van der Waals surface area contributed by atoms with Gasteiger partial charge < -0.3 is 9.73 Å². The third-order valence-electron chi connectivity index (χ3n) is 4.99. The van der Waals surface area contributed by atoms with Gasteiger partial charge in [-0.2, -0.15) is 0 Å². The number of aryl methyl sites for hydroxylation is 2. The first kappa shape index (κ1) is 17.1. The van der Waals surface area contributed by atoms with Gasteiger partial charge >= 0.3 is 5.63 Å². The fourth-order valence-electron chi connectivity index (χ4n) is 3.28. The van der Waals surface area contributed by atoms with Crippen molar-refractivity contribution in [3.05, 3.63) is 99.9 Å². The summed E-state index contributed by atoms with van der Waals surface area (Å²) in [7, 11) is 0. The van der Waals surface area contributed by atoms with Gasteiger partial charge in [0.1, 0.15) is 5.58 Å². The van der Waals surface area contributed by atoms with Gasteiger partial charge in [0, 0.05) is 23.7 Å². The van der Waals surface area contributed by atoms with Crippen molar-refractivity contribution in [1.29, 1.82) is 0 Å². The Kier molecular flexibility index (Phi) is 4.51. The van der Waals surface area contributed by atoms with Gasteiger partial charge in [-0.1, -0.05) is 54.6 Å². The zero-order valence-electron chi connectivity index (χ0n) is 15.5. The fraction of sp³-hybridized carbons (Fsp3) is 0.125. The summed E-state index contributed by atoms with van der Waals surface area (Å²) in [6, 6.07) is 24.3. The molecule has 3 aromatic carbocycles. The van der Waals surface area contributed by atoms with Crippen LogP contribution in [-0.4, -0.2) is 0 Å². The van der Waals surface area contributed by atoms with Crippen LogP contribution in [0.15, 0.2) is 82.0 Å². The monoisotopic (exact) mass is 355 g/mol. The van der Waals surface area contributed by atoms with Crippen molar-refractivity contribution < 1.29 is 4.42 Å². The van der Waals surface area contributed by atoms with Gasteiger partial charge in [0.05, 0.1) is 0 Å².